The summed E-state index contributed by atoms with van der Waals surface area (Å²) in [5.74, 6) is 0. The van der Waals surface area contributed by atoms with Gasteiger partial charge in [-0.2, -0.15) is 33.8 Å². The lowest BCUT2D eigenvalue weighted by atomic mass is 10.0. The minimum atomic E-state index is -4.36. The number of hydroxylamine groups is 5. The largest absolute Gasteiger partial charge is 0.437 e. The fourth-order valence-corrected chi connectivity index (χ4v) is 4.86. The highest BCUT2D eigenvalue weighted by molar-refractivity contribution is 7.93. The van der Waals surface area contributed by atoms with Crippen molar-refractivity contribution in [2.24, 2.45) is 0 Å². The van der Waals surface area contributed by atoms with Crippen LogP contribution in [0.2, 0.25) is 0 Å². The molecule has 214 valence electrons. The third-order valence-corrected chi connectivity index (χ3v) is 6.89. The minimum absolute atomic E-state index is 0.0953. The Morgan fingerprint density at radius 1 is 1.05 bits per heavy atom. The van der Waals surface area contributed by atoms with Crippen LogP contribution in [-0.2, 0) is 28.3 Å². The van der Waals surface area contributed by atoms with E-state index < -0.39 is 28.5 Å². The predicted molar refractivity (Wildman–Crippen MR) is 127 cm³/mol. The van der Waals surface area contributed by atoms with Crippen LogP contribution in [0.5, 0.6) is 0 Å². The Bertz CT molecular complexity index is 989. The molecule has 4 amide bonds. The van der Waals surface area contributed by atoms with E-state index >= 15 is 0 Å². The zero-order valence-electron chi connectivity index (χ0n) is 20.8. The number of unbranched alkanes of at least 4 members (excludes halogenated alkanes) is 1. The highest BCUT2D eigenvalue weighted by atomic mass is 32.3. The van der Waals surface area contributed by atoms with Crippen LogP contribution in [0.15, 0.2) is 0 Å². The Labute approximate surface area is 224 Å². The lowest BCUT2D eigenvalue weighted by molar-refractivity contribution is -0.432. The summed E-state index contributed by atoms with van der Waals surface area (Å²) in [5.41, 5.74) is 2.28. The van der Waals surface area contributed by atoms with E-state index in [2.05, 4.69) is 19.1 Å². The first-order chi connectivity index (χ1) is 18.1. The number of nitriles is 2. The summed E-state index contributed by atoms with van der Waals surface area (Å²) in [5, 5.41) is 38.9. The molecule has 4 fully saturated rings. The molecule has 38 heavy (non-hydrogen) atoms. The van der Waals surface area contributed by atoms with E-state index in [1.165, 1.54) is 9.80 Å². The topological polar surface area (TPSA) is 218 Å². The molecule has 3 N–H and O–H groups in total. The second-order valence-corrected chi connectivity index (χ2v) is 10.0. The van der Waals surface area contributed by atoms with Gasteiger partial charge in [0.15, 0.2) is 0 Å². The van der Waals surface area contributed by atoms with Gasteiger partial charge in [-0.3, -0.25) is 5.21 Å². The summed E-state index contributed by atoms with van der Waals surface area (Å²) in [6, 6.07) is 1.68. The molecule has 4 rings (SSSR count). The summed E-state index contributed by atoms with van der Waals surface area (Å²) in [6.45, 7) is 3.10. The molecule has 4 bridgehead atoms. The van der Waals surface area contributed by atoms with Crippen molar-refractivity contribution in [3.8, 4) is 12.1 Å². The third-order valence-electron chi connectivity index (χ3n) is 6.03. The fourth-order valence-electron chi connectivity index (χ4n) is 4.16. The average molecular weight is 582 g/mol. The average Bonchev–Trinajstić information content (AvgIpc) is 3.28. The number of hydrogen-bond acceptors (Lipinski definition) is 14. The second-order valence-electron chi connectivity index (χ2n) is 8.42. The normalized spacial score (nSPS) is 25.7. The standard InChI is InChI=1S/C11H18N4O5S.C7H9N3O2.CH4O3S/c1-2-3-6-13-19-21(17,18)20-15-10-5-4-9(7-12)14(8-10)11(15)16;8-3-5-1-2-6-4-9(5)7(11)10(6)12;1-5-4-3-2/h9-10,13H,2-6,8H2,1H3;5-6,12H,1-2,4H2;2H,1H3/t9-,10-;5-,6-;/m00./s1. The number of nitrogens with one attached hydrogen (secondary N) is 1. The smallest absolute Gasteiger partial charge is 0.305 e. The van der Waals surface area contributed by atoms with Gasteiger partial charge in [-0.05, 0) is 32.1 Å². The molecule has 0 unspecified atom stereocenters. The monoisotopic (exact) mass is 581 g/mol. The van der Waals surface area contributed by atoms with Gasteiger partial charge < -0.3 is 9.80 Å². The van der Waals surface area contributed by atoms with Crippen LogP contribution in [0.3, 0.4) is 0 Å². The van der Waals surface area contributed by atoms with Gasteiger partial charge in [0.1, 0.15) is 12.1 Å². The van der Waals surface area contributed by atoms with Gasteiger partial charge in [-0.25, -0.2) is 19.9 Å². The van der Waals surface area contributed by atoms with E-state index in [1.807, 2.05) is 19.1 Å². The third kappa shape index (κ3) is 8.27. The first-order valence-corrected chi connectivity index (χ1v) is 14.2. The molecule has 4 saturated heterocycles. The Kier molecular flexibility index (Phi) is 12.7. The summed E-state index contributed by atoms with van der Waals surface area (Å²) in [6.07, 6.45) is 5.66. The van der Waals surface area contributed by atoms with Crippen LogP contribution >= 0.6 is 12.0 Å². The van der Waals surface area contributed by atoms with E-state index in [-0.39, 0.29) is 24.7 Å². The number of carbonyl (C=O) groups excluding carboxylic acids is 2. The lowest BCUT2D eigenvalue weighted by Crippen LogP contribution is -2.39. The van der Waals surface area contributed by atoms with Crippen LogP contribution < -0.4 is 5.48 Å². The molecule has 0 radical (unpaired) electrons. The maximum absolute atomic E-state index is 12.0. The Morgan fingerprint density at radius 3 is 2.16 bits per heavy atom. The van der Waals surface area contributed by atoms with Gasteiger partial charge in [0.2, 0.25) is 0 Å². The maximum Gasteiger partial charge on any atom is 0.437 e. The molecule has 0 aliphatic carbocycles. The van der Waals surface area contributed by atoms with Crippen molar-refractivity contribution >= 4 is 34.5 Å². The summed E-state index contributed by atoms with van der Waals surface area (Å²) in [4.78, 5) is 26.0. The van der Waals surface area contributed by atoms with Crippen LogP contribution in [0.25, 0.3) is 0 Å². The van der Waals surface area contributed by atoms with Crippen LogP contribution in [0, 0.1) is 22.7 Å². The van der Waals surface area contributed by atoms with E-state index in [4.69, 9.17) is 20.1 Å². The fraction of sp³-hybridized carbons (Fsp3) is 0.789. The molecule has 0 aromatic heterocycles. The second kappa shape index (κ2) is 15.2. The Morgan fingerprint density at radius 2 is 1.63 bits per heavy atom. The summed E-state index contributed by atoms with van der Waals surface area (Å²) < 4.78 is 36.3. The predicted octanol–water partition coefficient (Wildman–Crippen LogP) is 1.13. The van der Waals surface area contributed by atoms with Gasteiger partial charge in [-0.15, -0.1) is 8.62 Å². The molecule has 0 saturated carbocycles. The number of fused-ring (bicyclic) bond motifs is 4. The zero-order chi connectivity index (χ0) is 28.3. The quantitative estimate of drug-likeness (QED) is 0.114. The van der Waals surface area contributed by atoms with Crippen molar-refractivity contribution in [3.63, 3.8) is 0 Å². The van der Waals surface area contributed by atoms with Gasteiger partial charge >= 0.3 is 22.5 Å². The van der Waals surface area contributed by atoms with E-state index in [9.17, 15) is 23.2 Å². The van der Waals surface area contributed by atoms with E-state index in [0.717, 1.165) is 41.4 Å². The number of amides is 4. The molecular weight excluding hydrogens is 550 g/mol. The van der Waals surface area contributed by atoms with Gasteiger partial charge in [0.05, 0.1) is 24.2 Å². The van der Waals surface area contributed by atoms with Gasteiger partial charge in [-0.1, -0.05) is 18.4 Å². The van der Waals surface area contributed by atoms with Gasteiger partial charge in [0.25, 0.3) is 0 Å². The zero-order valence-corrected chi connectivity index (χ0v) is 22.5. The Hall–Kier alpha value is -2.46. The van der Waals surface area contributed by atoms with Crippen LogP contribution in [0.4, 0.5) is 9.59 Å². The van der Waals surface area contributed by atoms with Crippen molar-refractivity contribution in [1.82, 2.24) is 25.4 Å². The molecule has 19 heteroatoms. The summed E-state index contributed by atoms with van der Waals surface area (Å²) >= 11 is 0.929. The first-order valence-electron chi connectivity index (χ1n) is 11.7. The van der Waals surface area contributed by atoms with E-state index in [0.29, 0.717) is 32.4 Å². The number of rotatable bonds is 9. The van der Waals surface area contributed by atoms with Gasteiger partial charge in [0, 0.05) is 37.9 Å². The molecule has 4 heterocycles. The first kappa shape index (κ1) is 31.8. The molecular formula is C19H31N7O10S2. The minimum Gasteiger partial charge on any atom is -0.305 e. The molecule has 4 aliphatic rings. The van der Waals surface area contributed by atoms with Crippen LogP contribution in [0.1, 0.15) is 45.4 Å². The molecule has 0 aromatic carbocycles. The number of nitrogens with zero attached hydrogens (tertiary/aromatic N) is 6. The number of piperidine rings is 2. The van der Waals surface area contributed by atoms with Crippen LogP contribution in [-0.4, -0.2) is 101 Å². The Balaban J connectivity index is 0.000000249. The van der Waals surface area contributed by atoms with Crippen molar-refractivity contribution in [1.29, 1.82) is 10.5 Å². The van der Waals surface area contributed by atoms with Crippen molar-refractivity contribution in [3.05, 3.63) is 0 Å². The SMILES string of the molecule is CCCCNOS(=O)(=O)ON1C(=O)N2C[C@@H]1CC[C@H]2C#N.CSOOO.N#C[C@@H]1CC[C@H]2CN1C(=O)N2O. The highest BCUT2D eigenvalue weighted by Gasteiger charge is 2.48. The molecule has 0 spiro atoms. The number of hydrogen-bond donors (Lipinski definition) is 3. The van der Waals surface area contributed by atoms with E-state index in [1.54, 1.807) is 6.26 Å². The number of urea groups is 2. The molecule has 0 aromatic rings. The molecule has 17 nitrogen and oxygen atoms in total. The van der Waals surface area contributed by atoms with Crippen molar-refractivity contribution in [2.75, 3.05) is 25.9 Å². The lowest BCUT2D eigenvalue weighted by Gasteiger charge is -2.24. The molecule has 4 aliphatic heterocycles. The maximum atomic E-state index is 12.0. The summed E-state index contributed by atoms with van der Waals surface area (Å²) in [7, 11) is -4.36. The highest BCUT2D eigenvalue weighted by Crippen LogP contribution is 2.30. The molecule has 4 atom stereocenters. The van der Waals surface area contributed by atoms with Crippen molar-refractivity contribution < 1.29 is 46.4 Å². The van der Waals surface area contributed by atoms with Crippen molar-refractivity contribution in [2.45, 2.75) is 69.6 Å². The number of carbonyl (C=O) groups is 2.